The van der Waals surface area contributed by atoms with Crippen molar-refractivity contribution in [3.05, 3.63) is 59.4 Å². The molecule has 7 nitrogen and oxygen atoms in total. The molecule has 3 aromatic rings. The lowest BCUT2D eigenvalue weighted by atomic mass is 10.1. The first kappa shape index (κ1) is 23.2. The maximum absolute atomic E-state index is 13.1. The molecule has 0 saturated heterocycles. The molecule has 0 unspecified atom stereocenters. The molecule has 0 saturated carbocycles. The largest absolute Gasteiger partial charge is 0.490 e. The maximum Gasteiger partial charge on any atom is 0.255 e. The van der Waals surface area contributed by atoms with Crippen LogP contribution in [0, 0.1) is 6.92 Å². The average molecular weight is 440 g/mol. The van der Waals surface area contributed by atoms with Gasteiger partial charge in [0.2, 0.25) is 5.75 Å². The van der Waals surface area contributed by atoms with Crippen LogP contribution >= 0.6 is 0 Å². The molecule has 0 radical (unpaired) electrons. The van der Waals surface area contributed by atoms with E-state index in [1.54, 1.807) is 24.3 Å². The summed E-state index contributed by atoms with van der Waals surface area (Å²) in [4.78, 5) is 13.1. The highest BCUT2D eigenvalue weighted by Crippen LogP contribution is 2.39. The van der Waals surface area contributed by atoms with Gasteiger partial charge in [0.15, 0.2) is 11.5 Å². The van der Waals surface area contributed by atoms with E-state index in [9.17, 15) is 9.90 Å². The van der Waals surface area contributed by atoms with Crippen molar-refractivity contribution in [1.29, 1.82) is 0 Å². The summed E-state index contributed by atoms with van der Waals surface area (Å²) in [6, 6.07) is 12.5. The zero-order chi connectivity index (χ0) is 23.1. The SMILES string of the molecule is CCOc1cc(C(=O)Nc2cc(-c3ccc(CO)o3)ccc2C)cc(OCC)c1OCC. The lowest BCUT2D eigenvalue weighted by molar-refractivity contribution is 0.102. The Hall–Kier alpha value is -3.45. The summed E-state index contributed by atoms with van der Waals surface area (Å²) in [7, 11) is 0. The third-order valence-electron chi connectivity index (χ3n) is 4.76. The van der Waals surface area contributed by atoms with Crippen molar-refractivity contribution in [2.24, 2.45) is 0 Å². The van der Waals surface area contributed by atoms with Crippen LogP contribution in [0.5, 0.6) is 17.2 Å². The minimum atomic E-state index is -0.300. The number of rotatable bonds is 10. The number of aliphatic hydroxyl groups excluding tert-OH is 1. The van der Waals surface area contributed by atoms with Gasteiger partial charge in [0.05, 0.1) is 19.8 Å². The summed E-state index contributed by atoms with van der Waals surface area (Å²) in [6.07, 6.45) is 0. The third kappa shape index (κ3) is 5.23. The summed E-state index contributed by atoms with van der Waals surface area (Å²) >= 11 is 0. The molecule has 2 N–H and O–H groups in total. The fraction of sp³-hybridized carbons (Fsp3) is 0.320. The first-order valence-electron chi connectivity index (χ1n) is 10.7. The fourth-order valence-corrected chi connectivity index (χ4v) is 3.24. The van der Waals surface area contributed by atoms with Gasteiger partial charge >= 0.3 is 0 Å². The highest BCUT2D eigenvalue weighted by Gasteiger charge is 2.19. The van der Waals surface area contributed by atoms with Gasteiger partial charge in [0, 0.05) is 16.8 Å². The number of aliphatic hydroxyl groups is 1. The van der Waals surface area contributed by atoms with Crippen molar-refractivity contribution in [3.8, 4) is 28.6 Å². The zero-order valence-corrected chi connectivity index (χ0v) is 18.9. The quantitative estimate of drug-likeness (QED) is 0.452. The van der Waals surface area contributed by atoms with E-state index in [-0.39, 0.29) is 12.5 Å². The number of anilines is 1. The molecule has 1 heterocycles. The molecule has 3 rings (SSSR count). The second-order valence-corrected chi connectivity index (χ2v) is 7.01. The number of amides is 1. The van der Waals surface area contributed by atoms with Crippen LogP contribution in [0.25, 0.3) is 11.3 Å². The Morgan fingerprint density at radius 2 is 1.59 bits per heavy atom. The molecule has 7 heteroatoms. The molecule has 0 aliphatic carbocycles. The molecule has 0 bridgehead atoms. The predicted octanol–water partition coefficient (Wildman–Crippen LogP) is 5.20. The standard InChI is InChI=1S/C25H29NO6/c1-5-29-22-13-18(14-23(30-6-2)24(22)31-7-3)25(28)26-20-12-17(9-8-16(20)4)21-11-10-19(15-27)32-21/h8-14,27H,5-7,15H2,1-4H3,(H,26,28). The highest BCUT2D eigenvalue weighted by molar-refractivity contribution is 6.05. The molecule has 0 aliphatic heterocycles. The van der Waals surface area contributed by atoms with Gasteiger partial charge < -0.3 is 29.1 Å². The summed E-state index contributed by atoms with van der Waals surface area (Å²) in [5, 5.41) is 12.2. The highest BCUT2D eigenvalue weighted by atomic mass is 16.5. The molecule has 0 fully saturated rings. The number of ether oxygens (including phenoxy) is 3. The zero-order valence-electron chi connectivity index (χ0n) is 18.9. The number of hydrogen-bond donors (Lipinski definition) is 2. The molecule has 32 heavy (non-hydrogen) atoms. The van der Waals surface area contributed by atoms with Crippen LogP contribution in [0.1, 0.15) is 42.5 Å². The van der Waals surface area contributed by atoms with Gasteiger partial charge in [-0.15, -0.1) is 0 Å². The molecule has 170 valence electrons. The van der Waals surface area contributed by atoms with Crippen LogP contribution in [0.4, 0.5) is 5.69 Å². The van der Waals surface area contributed by atoms with Crippen LogP contribution in [-0.4, -0.2) is 30.8 Å². The second-order valence-electron chi connectivity index (χ2n) is 7.01. The van der Waals surface area contributed by atoms with E-state index in [0.29, 0.717) is 59.8 Å². The molecule has 2 aromatic carbocycles. The summed E-state index contributed by atoms with van der Waals surface area (Å²) in [5.41, 5.74) is 2.74. The second kappa shape index (κ2) is 10.7. The first-order valence-corrected chi connectivity index (χ1v) is 10.7. The van der Waals surface area contributed by atoms with E-state index < -0.39 is 0 Å². The monoisotopic (exact) mass is 439 g/mol. The van der Waals surface area contributed by atoms with E-state index in [4.69, 9.17) is 18.6 Å². The molecule has 1 amide bonds. The third-order valence-corrected chi connectivity index (χ3v) is 4.76. The molecule has 0 atom stereocenters. The van der Waals surface area contributed by atoms with E-state index in [1.807, 2.05) is 45.9 Å². The van der Waals surface area contributed by atoms with E-state index in [2.05, 4.69) is 5.32 Å². The Morgan fingerprint density at radius 3 is 2.16 bits per heavy atom. The van der Waals surface area contributed by atoms with Crippen LogP contribution in [0.3, 0.4) is 0 Å². The minimum Gasteiger partial charge on any atom is -0.490 e. The van der Waals surface area contributed by atoms with Crippen molar-refractivity contribution in [3.63, 3.8) is 0 Å². The molecular weight excluding hydrogens is 410 g/mol. The van der Waals surface area contributed by atoms with Crippen molar-refractivity contribution >= 4 is 11.6 Å². The maximum atomic E-state index is 13.1. The lowest BCUT2D eigenvalue weighted by Crippen LogP contribution is -2.14. The Morgan fingerprint density at radius 1 is 0.938 bits per heavy atom. The molecular formula is C25H29NO6. The van der Waals surface area contributed by atoms with E-state index in [0.717, 1.165) is 11.1 Å². The van der Waals surface area contributed by atoms with Gasteiger partial charge in [0.1, 0.15) is 18.1 Å². The predicted molar refractivity (Wildman–Crippen MR) is 123 cm³/mol. The minimum absolute atomic E-state index is 0.169. The Bertz CT molecular complexity index is 1050. The number of benzene rings is 2. The van der Waals surface area contributed by atoms with Crippen LogP contribution in [0.15, 0.2) is 46.9 Å². The normalized spacial score (nSPS) is 10.7. The molecule has 0 spiro atoms. The fourth-order valence-electron chi connectivity index (χ4n) is 3.24. The first-order chi connectivity index (χ1) is 15.5. The number of furan rings is 1. The van der Waals surface area contributed by atoms with E-state index >= 15 is 0 Å². The van der Waals surface area contributed by atoms with Crippen molar-refractivity contribution in [2.75, 3.05) is 25.1 Å². The number of carbonyl (C=O) groups is 1. The Labute approximate surface area is 187 Å². The smallest absolute Gasteiger partial charge is 0.255 e. The van der Waals surface area contributed by atoms with Gasteiger partial charge in [-0.25, -0.2) is 0 Å². The van der Waals surface area contributed by atoms with Gasteiger partial charge in [-0.05, 0) is 63.6 Å². The number of carbonyl (C=O) groups excluding carboxylic acids is 1. The topological polar surface area (TPSA) is 90.2 Å². The molecule has 1 aromatic heterocycles. The van der Waals surface area contributed by atoms with Gasteiger partial charge in [0.25, 0.3) is 5.91 Å². The lowest BCUT2D eigenvalue weighted by Gasteiger charge is -2.17. The van der Waals surface area contributed by atoms with Crippen LogP contribution < -0.4 is 19.5 Å². The number of hydrogen-bond acceptors (Lipinski definition) is 6. The van der Waals surface area contributed by atoms with Gasteiger partial charge in [-0.3, -0.25) is 4.79 Å². The summed E-state index contributed by atoms with van der Waals surface area (Å²) in [5.74, 6) is 2.20. The summed E-state index contributed by atoms with van der Waals surface area (Å²) < 4.78 is 22.8. The van der Waals surface area contributed by atoms with Gasteiger partial charge in [-0.2, -0.15) is 0 Å². The van der Waals surface area contributed by atoms with Crippen molar-refractivity contribution in [2.45, 2.75) is 34.3 Å². The van der Waals surface area contributed by atoms with Crippen LogP contribution in [-0.2, 0) is 6.61 Å². The average Bonchev–Trinajstić information content (AvgIpc) is 3.27. The Balaban J connectivity index is 1.93. The molecule has 0 aliphatic rings. The van der Waals surface area contributed by atoms with Gasteiger partial charge in [-0.1, -0.05) is 12.1 Å². The van der Waals surface area contributed by atoms with Crippen LogP contribution in [0.2, 0.25) is 0 Å². The van der Waals surface area contributed by atoms with Crippen molar-refractivity contribution in [1.82, 2.24) is 0 Å². The Kier molecular flexibility index (Phi) is 7.78. The van der Waals surface area contributed by atoms with Crippen molar-refractivity contribution < 1.29 is 28.5 Å². The number of aryl methyl sites for hydroxylation is 1. The summed E-state index contributed by atoms with van der Waals surface area (Å²) in [6.45, 7) is 8.66. The number of nitrogens with one attached hydrogen (secondary N) is 1. The van der Waals surface area contributed by atoms with E-state index in [1.165, 1.54) is 0 Å².